The summed E-state index contributed by atoms with van der Waals surface area (Å²) < 4.78 is 16.1. The molecule has 5 nitrogen and oxygen atoms in total. The van der Waals surface area contributed by atoms with E-state index in [9.17, 15) is 9.59 Å². The van der Waals surface area contributed by atoms with Gasteiger partial charge in [0.1, 0.15) is 18.1 Å². The van der Waals surface area contributed by atoms with Crippen LogP contribution in [0.5, 0.6) is 0 Å². The Morgan fingerprint density at radius 1 is 1.42 bits per heavy atom. The van der Waals surface area contributed by atoms with E-state index in [-0.39, 0.29) is 35.9 Å². The number of carbonyl (C=O) groups excluding carboxylic acids is 2. The molecule has 0 amide bonds. The summed E-state index contributed by atoms with van der Waals surface area (Å²) in [5, 5.41) is 0. The molecular weight excluding hydrogens is 332 g/mol. The van der Waals surface area contributed by atoms with E-state index >= 15 is 0 Å². The molecule has 0 aromatic carbocycles. The first kappa shape index (κ1) is 19.8. The number of ether oxygens (including phenoxy) is 2. The van der Waals surface area contributed by atoms with Crippen LogP contribution in [0.25, 0.3) is 0 Å². The van der Waals surface area contributed by atoms with E-state index in [2.05, 4.69) is 5.92 Å². The van der Waals surface area contributed by atoms with Gasteiger partial charge in [-0.05, 0) is 38.2 Å². The average molecular weight is 358 g/mol. The van der Waals surface area contributed by atoms with Gasteiger partial charge in [0.15, 0.2) is 0 Å². The van der Waals surface area contributed by atoms with Crippen LogP contribution in [0.15, 0.2) is 22.6 Å². The standard InChI is InChI=1S/C21H26O5/c1-7-8-16-11-15(14(4)26-16)12-24-20(23)19-17(21(19,5)6)9-10-18(22)25-13(2)3/h1,9-11,13,17,19H,8,12H2,2-6H3. The van der Waals surface area contributed by atoms with Crippen molar-refractivity contribution in [3.05, 3.63) is 35.3 Å². The van der Waals surface area contributed by atoms with E-state index in [1.54, 1.807) is 19.9 Å². The summed E-state index contributed by atoms with van der Waals surface area (Å²) in [6, 6.07) is 1.82. The first-order chi connectivity index (χ1) is 12.2. The van der Waals surface area contributed by atoms with Gasteiger partial charge in [-0.15, -0.1) is 6.42 Å². The molecule has 1 aromatic rings. The molecule has 26 heavy (non-hydrogen) atoms. The van der Waals surface area contributed by atoms with Gasteiger partial charge < -0.3 is 13.9 Å². The van der Waals surface area contributed by atoms with Gasteiger partial charge in [-0.1, -0.05) is 25.8 Å². The van der Waals surface area contributed by atoms with Crippen LogP contribution in [0, 0.1) is 36.5 Å². The maximum Gasteiger partial charge on any atom is 0.330 e. The van der Waals surface area contributed by atoms with Gasteiger partial charge in [0.25, 0.3) is 0 Å². The van der Waals surface area contributed by atoms with Crippen molar-refractivity contribution in [2.24, 2.45) is 17.3 Å². The summed E-state index contributed by atoms with van der Waals surface area (Å²) in [6.45, 7) is 9.51. The normalized spacial score (nSPS) is 20.8. The van der Waals surface area contributed by atoms with Crippen molar-refractivity contribution in [1.82, 2.24) is 0 Å². The van der Waals surface area contributed by atoms with Crippen LogP contribution < -0.4 is 0 Å². The van der Waals surface area contributed by atoms with Crippen molar-refractivity contribution in [2.75, 3.05) is 0 Å². The Labute approximate surface area is 154 Å². The van der Waals surface area contributed by atoms with E-state index in [1.807, 2.05) is 26.8 Å². The van der Waals surface area contributed by atoms with E-state index in [0.717, 1.165) is 5.56 Å². The van der Waals surface area contributed by atoms with E-state index < -0.39 is 5.97 Å². The SMILES string of the molecule is C#CCc1cc(COC(=O)C2C(C=CC(=O)OC(C)C)C2(C)C)c(C)o1. The quantitative estimate of drug-likeness (QED) is 0.423. The number of allylic oxidation sites excluding steroid dienone is 1. The molecule has 0 N–H and O–H groups in total. The van der Waals surface area contributed by atoms with Crippen LogP contribution in [0.1, 0.15) is 44.8 Å². The third-order valence-corrected chi connectivity index (χ3v) is 4.67. The second kappa shape index (κ2) is 7.82. The van der Waals surface area contributed by atoms with Crippen molar-refractivity contribution in [1.29, 1.82) is 0 Å². The van der Waals surface area contributed by atoms with E-state index in [0.29, 0.717) is 17.9 Å². The Hall–Kier alpha value is -2.48. The highest BCUT2D eigenvalue weighted by atomic mass is 16.5. The third-order valence-electron chi connectivity index (χ3n) is 4.67. The lowest BCUT2D eigenvalue weighted by Crippen LogP contribution is -2.11. The number of terminal acetylenes is 1. The number of carbonyl (C=O) groups is 2. The van der Waals surface area contributed by atoms with Gasteiger partial charge in [-0.3, -0.25) is 4.79 Å². The topological polar surface area (TPSA) is 65.7 Å². The molecule has 1 heterocycles. The molecule has 5 heteroatoms. The van der Waals surface area contributed by atoms with Gasteiger partial charge in [0.05, 0.1) is 18.4 Å². The predicted octanol–water partition coefficient (Wildman–Crippen LogP) is 3.59. The molecular formula is C21H26O5. The smallest absolute Gasteiger partial charge is 0.330 e. The van der Waals surface area contributed by atoms with Crippen LogP contribution in [0.4, 0.5) is 0 Å². The van der Waals surface area contributed by atoms with Crippen molar-refractivity contribution in [2.45, 2.75) is 53.8 Å². The van der Waals surface area contributed by atoms with Crippen molar-refractivity contribution < 1.29 is 23.5 Å². The average Bonchev–Trinajstić information content (AvgIpc) is 2.89. The lowest BCUT2D eigenvalue weighted by atomic mass is 10.1. The first-order valence-electron chi connectivity index (χ1n) is 8.74. The van der Waals surface area contributed by atoms with Crippen molar-refractivity contribution in [3.8, 4) is 12.3 Å². The monoisotopic (exact) mass is 358 g/mol. The van der Waals surface area contributed by atoms with Crippen LogP contribution in [0.2, 0.25) is 0 Å². The van der Waals surface area contributed by atoms with Gasteiger partial charge in [-0.25, -0.2) is 4.79 Å². The molecule has 140 valence electrons. The highest BCUT2D eigenvalue weighted by Crippen LogP contribution is 2.59. The summed E-state index contributed by atoms with van der Waals surface area (Å²) in [7, 11) is 0. The third kappa shape index (κ3) is 4.57. The Morgan fingerprint density at radius 2 is 2.12 bits per heavy atom. The minimum Gasteiger partial charge on any atom is -0.465 e. The zero-order valence-corrected chi connectivity index (χ0v) is 16.0. The van der Waals surface area contributed by atoms with Crippen molar-refractivity contribution >= 4 is 11.9 Å². The van der Waals surface area contributed by atoms with Crippen LogP contribution in [-0.2, 0) is 32.1 Å². The number of rotatable bonds is 7. The highest BCUT2D eigenvalue weighted by molar-refractivity contribution is 5.83. The molecule has 1 aromatic heterocycles. The molecule has 1 aliphatic carbocycles. The predicted molar refractivity (Wildman–Crippen MR) is 96.9 cm³/mol. The number of furan rings is 1. The molecule has 0 spiro atoms. The fourth-order valence-corrected chi connectivity index (χ4v) is 3.10. The molecule has 0 bridgehead atoms. The van der Waals surface area contributed by atoms with Crippen LogP contribution in [-0.4, -0.2) is 18.0 Å². The Kier molecular flexibility index (Phi) is 5.97. The molecule has 2 rings (SSSR count). The van der Waals surface area contributed by atoms with E-state index in [4.69, 9.17) is 20.3 Å². The molecule has 0 aliphatic heterocycles. The summed E-state index contributed by atoms with van der Waals surface area (Å²) in [6.07, 6.45) is 8.65. The first-order valence-corrected chi connectivity index (χ1v) is 8.74. The van der Waals surface area contributed by atoms with Crippen molar-refractivity contribution in [3.63, 3.8) is 0 Å². The molecule has 1 aliphatic rings. The van der Waals surface area contributed by atoms with Gasteiger partial charge in [0, 0.05) is 11.6 Å². The molecule has 0 radical (unpaired) electrons. The second-order valence-corrected chi connectivity index (χ2v) is 7.45. The zero-order valence-electron chi connectivity index (χ0n) is 16.0. The van der Waals surface area contributed by atoms with Crippen LogP contribution in [0.3, 0.4) is 0 Å². The number of hydrogen-bond donors (Lipinski definition) is 0. The Morgan fingerprint density at radius 3 is 2.73 bits per heavy atom. The molecule has 2 unspecified atom stereocenters. The minimum atomic E-state index is -0.398. The molecule has 2 atom stereocenters. The zero-order chi connectivity index (χ0) is 19.5. The summed E-state index contributed by atoms with van der Waals surface area (Å²) >= 11 is 0. The molecule has 1 fully saturated rings. The Bertz CT molecular complexity index is 745. The largest absolute Gasteiger partial charge is 0.465 e. The second-order valence-electron chi connectivity index (χ2n) is 7.45. The fraction of sp³-hybridized carbons (Fsp3) is 0.524. The molecule has 1 saturated carbocycles. The highest BCUT2D eigenvalue weighted by Gasteiger charge is 2.61. The number of aryl methyl sites for hydroxylation is 1. The molecule has 0 saturated heterocycles. The summed E-state index contributed by atoms with van der Waals surface area (Å²) in [5.74, 6) is 2.91. The fourth-order valence-electron chi connectivity index (χ4n) is 3.10. The Balaban J connectivity index is 1.92. The van der Waals surface area contributed by atoms with Gasteiger partial charge in [0.2, 0.25) is 0 Å². The van der Waals surface area contributed by atoms with Crippen LogP contribution >= 0.6 is 0 Å². The summed E-state index contributed by atoms with van der Waals surface area (Å²) in [4.78, 5) is 24.1. The lowest BCUT2D eigenvalue weighted by molar-refractivity contribution is -0.147. The van der Waals surface area contributed by atoms with Gasteiger partial charge >= 0.3 is 11.9 Å². The van der Waals surface area contributed by atoms with Gasteiger partial charge in [-0.2, -0.15) is 0 Å². The number of esters is 2. The maximum absolute atomic E-state index is 12.4. The minimum absolute atomic E-state index is 0.0443. The van der Waals surface area contributed by atoms with E-state index in [1.165, 1.54) is 6.08 Å². The summed E-state index contributed by atoms with van der Waals surface area (Å²) in [5.41, 5.74) is 0.570. The number of hydrogen-bond acceptors (Lipinski definition) is 5. The maximum atomic E-state index is 12.4. The lowest BCUT2D eigenvalue weighted by Gasteiger charge is -2.04.